The summed E-state index contributed by atoms with van der Waals surface area (Å²) in [4.78, 5) is 9.33. The van der Waals surface area contributed by atoms with Gasteiger partial charge in [0.1, 0.15) is 0 Å². The minimum atomic E-state index is 0.709. The van der Waals surface area contributed by atoms with Gasteiger partial charge in [0, 0.05) is 24.2 Å². The second kappa shape index (κ2) is 6.87. The molecular formula is C32H19N3. The Morgan fingerprint density at radius 3 is 1.86 bits per heavy atom. The molecule has 0 spiro atoms. The standard InChI is InChI=1S/C32H19N3/c1-3-11-23-21(9-1)22-10-2-4-12-24(22)26-14-6-15-27-28(29-19-35-17-7-16-33-32(35)34-29)18-20-8-5-13-25(23)30(20)31(26)27/h1-19H. The van der Waals surface area contributed by atoms with Crippen LogP contribution in [0.2, 0.25) is 0 Å². The summed E-state index contributed by atoms with van der Waals surface area (Å²) in [6.07, 6.45) is 5.86. The highest BCUT2D eigenvalue weighted by atomic mass is 15.1. The number of imidazole rings is 1. The van der Waals surface area contributed by atoms with Gasteiger partial charge in [-0.05, 0) is 66.0 Å². The Kier molecular flexibility index (Phi) is 3.66. The van der Waals surface area contributed by atoms with E-state index in [1.165, 1.54) is 53.9 Å². The van der Waals surface area contributed by atoms with E-state index in [1.807, 2.05) is 16.7 Å². The predicted octanol–water partition coefficient (Wildman–Crippen LogP) is 8.16. The molecule has 162 valence electrons. The molecule has 0 N–H and O–H groups in total. The van der Waals surface area contributed by atoms with Crippen LogP contribution in [0.3, 0.4) is 0 Å². The summed E-state index contributed by atoms with van der Waals surface area (Å²) in [5.74, 6) is 0.709. The number of hydrogen-bond acceptors (Lipinski definition) is 2. The average Bonchev–Trinajstić information content (AvgIpc) is 3.35. The summed E-state index contributed by atoms with van der Waals surface area (Å²) >= 11 is 0. The Bertz CT molecular complexity index is 2090. The second-order valence-corrected chi connectivity index (χ2v) is 9.10. The Morgan fingerprint density at radius 2 is 1.14 bits per heavy atom. The van der Waals surface area contributed by atoms with E-state index in [4.69, 9.17) is 4.98 Å². The zero-order valence-corrected chi connectivity index (χ0v) is 18.8. The molecule has 0 saturated heterocycles. The van der Waals surface area contributed by atoms with Gasteiger partial charge >= 0.3 is 0 Å². The van der Waals surface area contributed by atoms with Gasteiger partial charge in [-0.3, -0.25) is 4.40 Å². The van der Waals surface area contributed by atoms with Crippen molar-refractivity contribution in [2.75, 3.05) is 0 Å². The smallest absolute Gasteiger partial charge is 0.234 e. The first-order chi connectivity index (χ1) is 17.4. The Hall–Kier alpha value is -4.76. The van der Waals surface area contributed by atoms with Crippen molar-refractivity contribution in [2.45, 2.75) is 0 Å². The lowest BCUT2D eigenvalue weighted by molar-refractivity contribution is 1.11. The van der Waals surface area contributed by atoms with Crippen molar-refractivity contribution >= 4 is 59.6 Å². The SMILES string of the molecule is c1ccc2c(c1)c1ccccc1c1cccc3c(-c4cn5cccnc5n4)cc4cccc2c4c31. The summed E-state index contributed by atoms with van der Waals surface area (Å²) in [6.45, 7) is 0. The van der Waals surface area contributed by atoms with Crippen molar-refractivity contribution in [3.05, 3.63) is 116 Å². The molecule has 0 atom stereocenters. The summed E-state index contributed by atoms with van der Waals surface area (Å²) in [5, 5.41) is 12.6. The van der Waals surface area contributed by atoms with Crippen LogP contribution in [0.5, 0.6) is 0 Å². The molecule has 35 heavy (non-hydrogen) atoms. The van der Waals surface area contributed by atoms with Gasteiger partial charge in [-0.2, -0.15) is 0 Å². The van der Waals surface area contributed by atoms with E-state index in [-0.39, 0.29) is 0 Å². The first-order valence-corrected chi connectivity index (χ1v) is 11.8. The first kappa shape index (κ1) is 18.6. The van der Waals surface area contributed by atoms with Gasteiger partial charge in [-0.25, -0.2) is 9.97 Å². The fourth-order valence-corrected chi connectivity index (χ4v) is 5.78. The molecule has 0 aliphatic rings. The molecule has 2 heterocycles. The van der Waals surface area contributed by atoms with E-state index in [0.717, 1.165) is 11.3 Å². The lowest BCUT2D eigenvalue weighted by Crippen LogP contribution is -1.89. The van der Waals surface area contributed by atoms with Crippen molar-refractivity contribution in [1.82, 2.24) is 14.4 Å². The Labute approximate surface area is 200 Å². The van der Waals surface area contributed by atoms with Crippen LogP contribution < -0.4 is 0 Å². The number of benzene rings is 5. The molecule has 0 amide bonds. The molecule has 0 radical (unpaired) electrons. The van der Waals surface area contributed by atoms with Crippen LogP contribution in [0, 0.1) is 0 Å². The Balaban J connectivity index is 1.69. The van der Waals surface area contributed by atoms with E-state index in [2.05, 4.69) is 102 Å². The minimum absolute atomic E-state index is 0.709. The second-order valence-electron chi connectivity index (χ2n) is 9.10. The Morgan fingerprint density at radius 1 is 0.543 bits per heavy atom. The third-order valence-electron chi connectivity index (χ3n) is 7.24. The average molecular weight is 446 g/mol. The van der Waals surface area contributed by atoms with Crippen molar-refractivity contribution < 1.29 is 0 Å². The third-order valence-corrected chi connectivity index (χ3v) is 7.24. The molecule has 2 aromatic heterocycles. The fourth-order valence-electron chi connectivity index (χ4n) is 5.78. The van der Waals surface area contributed by atoms with Gasteiger partial charge in [0.05, 0.1) is 5.69 Å². The normalized spacial score (nSPS) is 12.0. The number of aromatic nitrogens is 3. The number of rotatable bonds is 1. The molecule has 0 saturated carbocycles. The topological polar surface area (TPSA) is 30.2 Å². The molecule has 8 rings (SSSR count). The molecule has 8 aromatic rings. The summed E-state index contributed by atoms with van der Waals surface area (Å²) < 4.78 is 1.99. The van der Waals surface area contributed by atoms with E-state index in [0.29, 0.717) is 5.78 Å². The van der Waals surface area contributed by atoms with Gasteiger partial charge in [0.2, 0.25) is 5.78 Å². The van der Waals surface area contributed by atoms with Crippen LogP contribution in [0.1, 0.15) is 0 Å². The van der Waals surface area contributed by atoms with Crippen molar-refractivity contribution in [2.24, 2.45) is 0 Å². The lowest BCUT2D eigenvalue weighted by atomic mass is 9.88. The van der Waals surface area contributed by atoms with Crippen LogP contribution in [0.25, 0.3) is 70.9 Å². The molecular weight excluding hydrogens is 426 g/mol. The predicted molar refractivity (Wildman–Crippen MR) is 146 cm³/mol. The molecule has 3 heteroatoms. The maximum absolute atomic E-state index is 4.88. The fraction of sp³-hybridized carbons (Fsp3) is 0. The molecule has 0 bridgehead atoms. The highest BCUT2D eigenvalue weighted by molar-refractivity contribution is 6.34. The maximum atomic E-state index is 4.88. The van der Waals surface area contributed by atoms with E-state index in [1.54, 1.807) is 6.20 Å². The van der Waals surface area contributed by atoms with E-state index < -0.39 is 0 Å². The van der Waals surface area contributed by atoms with E-state index in [9.17, 15) is 0 Å². The molecule has 0 aliphatic carbocycles. The summed E-state index contributed by atoms with van der Waals surface area (Å²) in [5.41, 5.74) is 2.06. The van der Waals surface area contributed by atoms with Gasteiger partial charge in [-0.1, -0.05) is 84.9 Å². The van der Waals surface area contributed by atoms with Crippen molar-refractivity contribution in [3.63, 3.8) is 0 Å². The monoisotopic (exact) mass is 445 g/mol. The van der Waals surface area contributed by atoms with Gasteiger partial charge in [0.25, 0.3) is 0 Å². The maximum Gasteiger partial charge on any atom is 0.234 e. The molecule has 0 fully saturated rings. The van der Waals surface area contributed by atoms with Gasteiger partial charge in [0.15, 0.2) is 0 Å². The quantitative estimate of drug-likeness (QED) is 0.239. The van der Waals surface area contributed by atoms with Crippen LogP contribution in [0.15, 0.2) is 116 Å². The number of nitrogens with zero attached hydrogens (tertiary/aromatic N) is 3. The van der Waals surface area contributed by atoms with Crippen molar-refractivity contribution in [1.29, 1.82) is 0 Å². The van der Waals surface area contributed by atoms with Crippen LogP contribution in [0.4, 0.5) is 0 Å². The molecule has 3 nitrogen and oxygen atoms in total. The largest absolute Gasteiger partial charge is 0.291 e. The number of hydrogen-bond donors (Lipinski definition) is 0. The van der Waals surface area contributed by atoms with Gasteiger partial charge < -0.3 is 0 Å². The molecule has 6 aromatic carbocycles. The lowest BCUT2D eigenvalue weighted by Gasteiger charge is -2.15. The van der Waals surface area contributed by atoms with Crippen LogP contribution in [-0.4, -0.2) is 14.4 Å². The number of fused-ring (bicyclic) bond motifs is 6. The highest BCUT2D eigenvalue weighted by Gasteiger charge is 2.16. The van der Waals surface area contributed by atoms with Crippen molar-refractivity contribution in [3.8, 4) is 11.3 Å². The van der Waals surface area contributed by atoms with Gasteiger partial charge in [-0.15, -0.1) is 0 Å². The third kappa shape index (κ3) is 2.55. The van der Waals surface area contributed by atoms with Crippen LogP contribution >= 0.6 is 0 Å². The van der Waals surface area contributed by atoms with E-state index >= 15 is 0 Å². The molecule has 0 unspecified atom stereocenters. The first-order valence-electron chi connectivity index (χ1n) is 11.8. The molecule has 0 aliphatic heterocycles. The highest BCUT2D eigenvalue weighted by Crippen LogP contribution is 2.43. The van der Waals surface area contributed by atoms with Crippen LogP contribution in [-0.2, 0) is 0 Å². The summed E-state index contributed by atoms with van der Waals surface area (Å²) in [7, 11) is 0. The zero-order chi connectivity index (χ0) is 22.9. The zero-order valence-electron chi connectivity index (χ0n) is 18.8. The minimum Gasteiger partial charge on any atom is -0.291 e. The summed E-state index contributed by atoms with van der Waals surface area (Å²) in [6, 6.07) is 35.1.